The van der Waals surface area contributed by atoms with Crippen molar-refractivity contribution >= 4 is 5.91 Å². The van der Waals surface area contributed by atoms with Crippen molar-refractivity contribution < 1.29 is 14.3 Å². The topological polar surface area (TPSA) is 56.6 Å². The van der Waals surface area contributed by atoms with Crippen LogP contribution in [-0.4, -0.2) is 40.8 Å². The summed E-state index contributed by atoms with van der Waals surface area (Å²) in [5, 5.41) is 4.38. The van der Waals surface area contributed by atoms with Crippen LogP contribution < -0.4 is 9.47 Å². The zero-order valence-corrected chi connectivity index (χ0v) is 13.1. The van der Waals surface area contributed by atoms with Crippen LogP contribution in [0.3, 0.4) is 0 Å². The summed E-state index contributed by atoms with van der Waals surface area (Å²) in [6, 6.07) is 9.68. The van der Waals surface area contributed by atoms with Crippen LogP contribution in [0.2, 0.25) is 0 Å². The summed E-state index contributed by atoms with van der Waals surface area (Å²) in [5.41, 5.74) is 1.52. The second-order valence-electron chi connectivity index (χ2n) is 5.84. The van der Waals surface area contributed by atoms with Crippen LogP contribution in [0.5, 0.6) is 11.6 Å². The molecule has 6 heteroatoms. The molecule has 0 bridgehead atoms. The molecule has 2 aliphatic rings. The van der Waals surface area contributed by atoms with E-state index in [1.807, 2.05) is 29.2 Å². The van der Waals surface area contributed by atoms with E-state index in [2.05, 4.69) is 5.10 Å². The average molecular weight is 313 g/mol. The van der Waals surface area contributed by atoms with E-state index >= 15 is 0 Å². The molecular formula is C17H19N3O3. The highest BCUT2D eigenvalue weighted by atomic mass is 16.5. The molecule has 0 radical (unpaired) electrons. The average Bonchev–Trinajstić information content (AvgIpc) is 3.29. The Kier molecular flexibility index (Phi) is 3.44. The predicted molar refractivity (Wildman–Crippen MR) is 83.7 cm³/mol. The number of benzene rings is 1. The number of para-hydroxylation sites is 1. The summed E-state index contributed by atoms with van der Waals surface area (Å²) in [5.74, 6) is 1.47. The molecule has 2 aliphatic heterocycles. The molecule has 2 aromatic rings. The second-order valence-corrected chi connectivity index (χ2v) is 5.84. The lowest BCUT2D eigenvalue weighted by Gasteiger charge is -2.25. The van der Waals surface area contributed by atoms with Crippen molar-refractivity contribution in [2.24, 2.45) is 0 Å². The summed E-state index contributed by atoms with van der Waals surface area (Å²) >= 11 is 0. The summed E-state index contributed by atoms with van der Waals surface area (Å²) in [7, 11) is 1.66. The SMILES string of the molecule is COc1ccccc1C1CCCN1C(=O)c1cc2n(n1)CCO2. The Labute approximate surface area is 134 Å². The standard InChI is InChI=1S/C17H19N3O3/c1-22-15-7-3-2-5-12(15)14-6-4-8-19(14)17(21)13-11-16-20(18-13)9-10-23-16/h2-3,5,7,11,14H,4,6,8-10H2,1H3. The van der Waals surface area contributed by atoms with Crippen molar-refractivity contribution in [3.63, 3.8) is 0 Å². The fourth-order valence-corrected chi connectivity index (χ4v) is 3.44. The van der Waals surface area contributed by atoms with Gasteiger partial charge in [-0.25, -0.2) is 4.68 Å². The Morgan fingerprint density at radius 2 is 2.22 bits per heavy atom. The molecule has 0 N–H and O–H groups in total. The molecule has 1 fully saturated rings. The first kappa shape index (κ1) is 14.1. The van der Waals surface area contributed by atoms with Gasteiger partial charge in [0.15, 0.2) is 5.69 Å². The normalized spacial score (nSPS) is 19.5. The minimum Gasteiger partial charge on any atom is -0.496 e. The zero-order chi connectivity index (χ0) is 15.8. The third-order valence-corrected chi connectivity index (χ3v) is 4.53. The number of nitrogens with zero attached hydrogens (tertiary/aromatic N) is 3. The van der Waals surface area contributed by atoms with E-state index in [9.17, 15) is 4.79 Å². The number of methoxy groups -OCH3 is 1. The van der Waals surface area contributed by atoms with Gasteiger partial charge in [0.25, 0.3) is 5.91 Å². The van der Waals surface area contributed by atoms with Gasteiger partial charge in [-0.1, -0.05) is 18.2 Å². The monoisotopic (exact) mass is 313 g/mol. The van der Waals surface area contributed by atoms with Gasteiger partial charge in [-0.05, 0) is 18.9 Å². The van der Waals surface area contributed by atoms with Crippen molar-refractivity contribution in [2.75, 3.05) is 20.3 Å². The Morgan fingerprint density at radius 1 is 1.35 bits per heavy atom. The maximum atomic E-state index is 12.9. The van der Waals surface area contributed by atoms with Crippen LogP contribution in [0.1, 0.15) is 34.9 Å². The molecule has 4 rings (SSSR count). The van der Waals surface area contributed by atoms with Gasteiger partial charge in [-0.2, -0.15) is 5.10 Å². The molecule has 3 heterocycles. The minimum atomic E-state index is -0.0380. The molecule has 1 unspecified atom stereocenters. The third-order valence-electron chi connectivity index (χ3n) is 4.53. The Balaban J connectivity index is 1.63. The van der Waals surface area contributed by atoms with E-state index in [0.717, 1.165) is 30.7 Å². The molecule has 1 saturated heterocycles. The highest BCUT2D eigenvalue weighted by Gasteiger charge is 2.34. The van der Waals surface area contributed by atoms with Crippen molar-refractivity contribution in [2.45, 2.75) is 25.4 Å². The van der Waals surface area contributed by atoms with Crippen LogP contribution in [0.15, 0.2) is 30.3 Å². The van der Waals surface area contributed by atoms with Gasteiger partial charge in [0.2, 0.25) is 5.88 Å². The summed E-state index contributed by atoms with van der Waals surface area (Å²) < 4.78 is 12.7. The van der Waals surface area contributed by atoms with Crippen LogP contribution in [0, 0.1) is 0 Å². The van der Waals surface area contributed by atoms with Crippen molar-refractivity contribution in [1.29, 1.82) is 0 Å². The quantitative estimate of drug-likeness (QED) is 0.872. The number of amides is 1. The van der Waals surface area contributed by atoms with Gasteiger partial charge < -0.3 is 14.4 Å². The van der Waals surface area contributed by atoms with E-state index < -0.39 is 0 Å². The molecule has 23 heavy (non-hydrogen) atoms. The molecule has 1 aromatic heterocycles. The number of carbonyl (C=O) groups excluding carboxylic acids is 1. The number of likely N-dealkylation sites (tertiary alicyclic amines) is 1. The smallest absolute Gasteiger partial charge is 0.275 e. The van der Waals surface area contributed by atoms with Gasteiger partial charge in [0.1, 0.15) is 12.4 Å². The van der Waals surface area contributed by atoms with Crippen molar-refractivity contribution in [3.8, 4) is 11.6 Å². The fourth-order valence-electron chi connectivity index (χ4n) is 3.44. The van der Waals surface area contributed by atoms with E-state index in [0.29, 0.717) is 24.7 Å². The van der Waals surface area contributed by atoms with Crippen LogP contribution >= 0.6 is 0 Å². The number of ether oxygens (including phenoxy) is 2. The first-order valence-corrected chi connectivity index (χ1v) is 7.92. The lowest BCUT2D eigenvalue weighted by molar-refractivity contribution is 0.0727. The lowest BCUT2D eigenvalue weighted by atomic mass is 10.0. The lowest BCUT2D eigenvalue weighted by Crippen LogP contribution is -2.31. The van der Waals surface area contributed by atoms with E-state index in [4.69, 9.17) is 9.47 Å². The Bertz CT molecular complexity index is 719. The molecule has 1 aromatic carbocycles. The minimum absolute atomic E-state index is 0.0380. The largest absolute Gasteiger partial charge is 0.496 e. The Morgan fingerprint density at radius 3 is 3.04 bits per heavy atom. The summed E-state index contributed by atoms with van der Waals surface area (Å²) in [4.78, 5) is 14.8. The zero-order valence-electron chi connectivity index (χ0n) is 13.1. The van der Waals surface area contributed by atoms with E-state index in [1.54, 1.807) is 17.9 Å². The first-order chi connectivity index (χ1) is 11.3. The molecule has 120 valence electrons. The van der Waals surface area contributed by atoms with Gasteiger partial charge >= 0.3 is 0 Å². The highest BCUT2D eigenvalue weighted by molar-refractivity contribution is 5.93. The first-order valence-electron chi connectivity index (χ1n) is 7.92. The van der Waals surface area contributed by atoms with Gasteiger partial charge in [0.05, 0.1) is 19.7 Å². The van der Waals surface area contributed by atoms with Gasteiger partial charge in [0, 0.05) is 18.2 Å². The predicted octanol–water partition coefficient (Wildman–Crippen LogP) is 2.26. The molecular weight excluding hydrogens is 294 g/mol. The Hall–Kier alpha value is -2.50. The van der Waals surface area contributed by atoms with Crippen LogP contribution in [0.25, 0.3) is 0 Å². The van der Waals surface area contributed by atoms with E-state index in [-0.39, 0.29) is 11.9 Å². The van der Waals surface area contributed by atoms with Crippen LogP contribution in [-0.2, 0) is 6.54 Å². The third kappa shape index (κ3) is 2.34. The number of carbonyl (C=O) groups is 1. The molecule has 6 nitrogen and oxygen atoms in total. The maximum Gasteiger partial charge on any atom is 0.275 e. The number of rotatable bonds is 3. The molecule has 0 spiro atoms. The van der Waals surface area contributed by atoms with E-state index in [1.165, 1.54) is 0 Å². The molecule has 0 aliphatic carbocycles. The molecule has 1 atom stereocenters. The number of hydrogen-bond donors (Lipinski definition) is 0. The number of hydrogen-bond acceptors (Lipinski definition) is 4. The molecule has 0 saturated carbocycles. The molecule has 1 amide bonds. The van der Waals surface area contributed by atoms with Crippen LogP contribution in [0.4, 0.5) is 0 Å². The maximum absolute atomic E-state index is 12.9. The van der Waals surface area contributed by atoms with Gasteiger partial charge in [-0.15, -0.1) is 0 Å². The number of fused-ring (bicyclic) bond motifs is 1. The summed E-state index contributed by atoms with van der Waals surface area (Å²) in [6.07, 6.45) is 1.93. The second kappa shape index (κ2) is 5.61. The van der Waals surface area contributed by atoms with Gasteiger partial charge in [-0.3, -0.25) is 4.79 Å². The highest BCUT2D eigenvalue weighted by Crippen LogP contribution is 2.37. The summed E-state index contributed by atoms with van der Waals surface area (Å²) in [6.45, 7) is 2.08. The van der Waals surface area contributed by atoms with Crippen molar-refractivity contribution in [3.05, 3.63) is 41.6 Å². The number of aromatic nitrogens is 2. The van der Waals surface area contributed by atoms with Crippen molar-refractivity contribution in [1.82, 2.24) is 14.7 Å². The fraction of sp³-hybridized carbons (Fsp3) is 0.412.